The molecule has 4 nitrogen and oxygen atoms in total. The van der Waals surface area contributed by atoms with Gasteiger partial charge in [0.1, 0.15) is 11.6 Å². The Labute approximate surface area is 142 Å². The molecule has 0 atom stereocenters. The third-order valence-electron chi connectivity index (χ3n) is 2.84. The van der Waals surface area contributed by atoms with E-state index in [1.54, 1.807) is 0 Å². The SMILES string of the molecule is CC(=O)c1cc(Cl)cc(Cl)c1OCC(=O)Nc1cccc(F)c1. The van der Waals surface area contributed by atoms with Crippen molar-refractivity contribution in [3.05, 3.63) is 57.8 Å². The van der Waals surface area contributed by atoms with Crippen LogP contribution in [0.4, 0.5) is 10.1 Å². The van der Waals surface area contributed by atoms with Crippen LogP contribution in [-0.4, -0.2) is 18.3 Å². The predicted molar refractivity (Wildman–Crippen MR) is 87.0 cm³/mol. The molecular weight excluding hydrogens is 344 g/mol. The van der Waals surface area contributed by atoms with Gasteiger partial charge in [-0.05, 0) is 37.3 Å². The maximum atomic E-state index is 13.1. The molecule has 2 aromatic rings. The van der Waals surface area contributed by atoms with Crippen molar-refractivity contribution in [3.63, 3.8) is 0 Å². The van der Waals surface area contributed by atoms with Crippen LogP contribution in [0.1, 0.15) is 17.3 Å². The Bertz CT molecular complexity index is 765. The molecule has 23 heavy (non-hydrogen) atoms. The van der Waals surface area contributed by atoms with E-state index in [-0.39, 0.29) is 27.1 Å². The summed E-state index contributed by atoms with van der Waals surface area (Å²) in [6.45, 7) is 0.944. The summed E-state index contributed by atoms with van der Waals surface area (Å²) in [7, 11) is 0. The summed E-state index contributed by atoms with van der Waals surface area (Å²) >= 11 is 11.8. The summed E-state index contributed by atoms with van der Waals surface area (Å²) in [4.78, 5) is 23.4. The van der Waals surface area contributed by atoms with E-state index in [0.29, 0.717) is 5.69 Å². The Morgan fingerprint density at radius 3 is 2.61 bits per heavy atom. The van der Waals surface area contributed by atoms with E-state index < -0.39 is 18.3 Å². The Balaban J connectivity index is 2.09. The van der Waals surface area contributed by atoms with Crippen molar-refractivity contribution in [2.24, 2.45) is 0 Å². The molecular formula is C16H12Cl2FNO3. The van der Waals surface area contributed by atoms with E-state index in [2.05, 4.69) is 5.32 Å². The van der Waals surface area contributed by atoms with Crippen molar-refractivity contribution in [1.82, 2.24) is 0 Å². The first kappa shape index (κ1) is 17.2. The number of Topliss-reactive ketones (excluding diaryl/α,β-unsaturated/α-hetero) is 1. The number of benzene rings is 2. The number of ketones is 1. The van der Waals surface area contributed by atoms with Crippen molar-refractivity contribution >= 4 is 40.6 Å². The minimum Gasteiger partial charge on any atom is -0.481 e. The second-order valence-electron chi connectivity index (χ2n) is 4.67. The summed E-state index contributed by atoms with van der Waals surface area (Å²) in [5.74, 6) is -1.20. The van der Waals surface area contributed by atoms with Crippen LogP contribution in [0.3, 0.4) is 0 Å². The lowest BCUT2D eigenvalue weighted by Gasteiger charge is -2.12. The zero-order valence-electron chi connectivity index (χ0n) is 12.0. The van der Waals surface area contributed by atoms with Gasteiger partial charge in [-0.2, -0.15) is 0 Å². The van der Waals surface area contributed by atoms with Gasteiger partial charge in [-0.3, -0.25) is 9.59 Å². The van der Waals surface area contributed by atoms with Crippen molar-refractivity contribution < 1.29 is 18.7 Å². The number of carbonyl (C=O) groups excluding carboxylic acids is 2. The fourth-order valence-electron chi connectivity index (χ4n) is 1.87. The average Bonchev–Trinajstić information content (AvgIpc) is 2.45. The highest BCUT2D eigenvalue weighted by Gasteiger charge is 2.16. The monoisotopic (exact) mass is 355 g/mol. The Kier molecular flexibility index (Phi) is 5.58. The van der Waals surface area contributed by atoms with Gasteiger partial charge in [-0.15, -0.1) is 0 Å². The molecule has 7 heteroatoms. The zero-order valence-corrected chi connectivity index (χ0v) is 13.5. The lowest BCUT2D eigenvalue weighted by Crippen LogP contribution is -2.21. The van der Waals surface area contributed by atoms with Crippen LogP contribution < -0.4 is 10.1 Å². The van der Waals surface area contributed by atoms with Crippen molar-refractivity contribution in [2.45, 2.75) is 6.92 Å². The fourth-order valence-corrected chi connectivity index (χ4v) is 2.42. The molecule has 0 spiro atoms. The van der Waals surface area contributed by atoms with E-state index >= 15 is 0 Å². The minimum atomic E-state index is -0.517. The molecule has 0 fully saturated rings. The molecule has 0 aliphatic rings. The molecule has 0 radical (unpaired) electrons. The number of carbonyl (C=O) groups is 2. The van der Waals surface area contributed by atoms with E-state index in [9.17, 15) is 14.0 Å². The second-order valence-corrected chi connectivity index (χ2v) is 5.51. The van der Waals surface area contributed by atoms with Crippen LogP contribution in [-0.2, 0) is 4.79 Å². The highest BCUT2D eigenvalue weighted by Crippen LogP contribution is 2.32. The Morgan fingerprint density at radius 2 is 1.96 bits per heavy atom. The first-order valence-electron chi connectivity index (χ1n) is 6.55. The summed E-state index contributed by atoms with van der Waals surface area (Å²) in [5, 5.41) is 2.89. The number of hydrogen-bond donors (Lipinski definition) is 1. The molecule has 120 valence electrons. The summed E-state index contributed by atoms with van der Waals surface area (Å²) in [6.07, 6.45) is 0. The zero-order chi connectivity index (χ0) is 17.0. The number of ether oxygens (including phenoxy) is 1. The molecule has 0 saturated carbocycles. The smallest absolute Gasteiger partial charge is 0.262 e. The summed E-state index contributed by atoms with van der Waals surface area (Å²) < 4.78 is 18.4. The number of hydrogen-bond acceptors (Lipinski definition) is 3. The van der Waals surface area contributed by atoms with Gasteiger partial charge in [-0.25, -0.2) is 4.39 Å². The largest absolute Gasteiger partial charge is 0.481 e. The molecule has 0 heterocycles. The van der Waals surface area contributed by atoms with Crippen molar-refractivity contribution in [1.29, 1.82) is 0 Å². The van der Waals surface area contributed by atoms with E-state index in [1.807, 2.05) is 0 Å². The number of rotatable bonds is 5. The van der Waals surface area contributed by atoms with Crippen LogP contribution in [0.5, 0.6) is 5.75 Å². The van der Waals surface area contributed by atoms with Crippen molar-refractivity contribution in [2.75, 3.05) is 11.9 Å². The maximum absolute atomic E-state index is 13.1. The third-order valence-corrected chi connectivity index (χ3v) is 3.34. The number of nitrogens with one attached hydrogen (secondary N) is 1. The van der Waals surface area contributed by atoms with Crippen molar-refractivity contribution in [3.8, 4) is 5.75 Å². The molecule has 0 aliphatic heterocycles. The molecule has 1 amide bonds. The first-order chi connectivity index (χ1) is 10.9. The normalized spacial score (nSPS) is 10.3. The van der Waals surface area contributed by atoms with Crippen LogP contribution in [0, 0.1) is 5.82 Å². The van der Waals surface area contributed by atoms with E-state index in [0.717, 1.165) is 0 Å². The predicted octanol–water partition coefficient (Wildman–Crippen LogP) is 4.35. The number of amides is 1. The van der Waals surface area contributed by atoms with Gasteiger partial charge in [0, 0.05) is 10.7 Å². The van der Waals surface area contributed by atoms with Gasteiger partial charge in [0.05, 0.1) is 10.6 Å². The summed E-state index contributed by atoms with van der Waals surface area (Å²) in [5.41, 5.74) is 0.480. The van der Waals surface area contributed by atoms with Crippen LogP contribution in [0.2, 0.25) is 10.0 Å². The second kappa shape index (κ2) is 7.44. The molecule has 2 aromatic carbocycles. The Morgan fingerprint density at radius 1 is 1.22 bits per heavy atom. The standard InChI is InChI=1S/C16H12Cl2FNO3/c1-9(21)13-5-10(17)6-14(18)16(13)23-8-15(22)20-12-4-2-3-11(19)7-12/h2-7H,8H2,1H3,(H,20,22). The third kappa shape index (κ3) is 4.68. The van der Waals surface area contributed by atoms with Crippen LogP contribution in [0.15, 0.2) is 36.4 Å². The topological polar surface area (TPSA) is 55.4 Å². The molecule has 0 unspecified atom stereocenters. The minimum absolute atomic E-state index is 0.0814. The highest BCUT2D eigenvalue weighted by molar-refractivity contribution is 6.36. The van der Waals surface area contributed by atoms with Gasteiger partial charge in [0.15, 0.2) is 12.4 Å². The molecule has 0 saturated heterocycles. The van der Waals surface area contributed by atoms with Gasteiger partial charge >= 0.3 is 0 Å². The number of halogens is 3. The maximum Gasteiger partial charge on any atom is 0.262 e. The highest BCUT2D eigenvalue weighted by atomic mass is 35.5. The van der Waals surface area contributed by atoms with Gasteiger partial charge in [0.25, 0.3) is 5.91 Å². The quantitative estimate of drug-likeness (QED) is 0.811. The Hall–Kier alpha value is -2.11. The number of anilines is 1. The van der Waals surface area contributed by atoms with E-state index in [1.165, 1.54) is 43.3 Å². The fraction of sp³-hybridized carbons (Fsp3) is 0.125. The van der Waals surface area contributed by atoms with Gasteiger partial charge in [-0.1, -0.05) is 29.3 Å². The molecule has 0 bridgehead atoms. The van der Waals surface area contributed by atoms with E-state index in [4.69, 9.17) is 27.9 Å². The average molecular weight is 356 g/mol. The first-order valence-corrected chi connectivity index (χ1v) is 7.30. The van der Waals surface area contributed by atoms with Crippen LogP contribution >= 0.6 is 23.2 Å². The van der Waals surface area contributed by atoms with Gasteiger partial charge < -0.3 is 10.1 Å². The van der Waals surface area contributed by atoms with Crippen LogP contribution in [0.25, 0.3) is 0 Å². The molecule has 2 rings (SSSR count). The molecule has 0 aliphatic carbocycles. The molecule has 1 N–H and O–H groups in total. The lowest BCUT2D eigenvalue weighted by molar-refractivity contribution is -0.118. The lowest BCUT2D eigenvalue weighted by atomic mass is 10.1. The summed E-state index contributed by atoms with van der Waals surface area (Å²) in [6, 6.07) is 8.27. The molecule has 0 aromatic heterocycles. The van der Waals surface area contributed by atoms with Gasteiger partial charge in [0.2, 0.25) is 0 Å².